The fourth-order valence-electron chi connectivity index (χ4n) is 2.63. The summed E-state index contributed by atoms with van der Waals surface area (Å²) in [6.07, 6.45) is 3.23. The number of hydrogen-bond acceptors (Lipinski definition) is 4. The van der Waals surface area contributed by atoms with Gasteiger partial charge in [-0.1, -0.05) is 12.1 Å². The minimum Gasteiger partial charge on any atom is -0.338 e. The van der Waals surface area contributed by atoms with E-state index < -0.39 is 4.92 Å². The Hall–Kier alpha value is -1.95. The van der Waals surface area contributed by atoms with Crippen molar-refractivity contribution < 1.29 is 9.72 Å². The van der Waals surface area contributed by atoms with Crippen LogP contribution in [0.1, 0.15) is 24.8 Å². The lowest BCUT2D eigenvalue weighted by molar-refractivity contribution is -0.384. The van der Waals surface area contributed by atoms with Gasteiger partial charge in [0.2, 0.25) is 5.91 Å². The molecule has 6 heteroatoms. The second-order valence-electron chi connectivity index (χ2n) is 5.08. The third-order valence-electron chi connectivity index (χ3n) is 3.70. The first-order valence-corrected chi connectivity index (χ1v) is 6.84. The monoisotopic (exact) mass is 277 g/mol. The lowest BCUT2D eigenvalue weighted by Gasteiger charge is -2.35. The normalized spacial score (nSPS) is 18.9. The molecule has 1 saturated heterocycles. The molecule has 0 radical (unpaired) electrons. The van der Waals surface area contributed by atoms with Crippen LogP contribution >= 0.6 is 0 Å². The van der Waals surface area contributed by atoms with E-state index in [4.69, 9.17) is 5.73 Å². The third kappa shape index (κ3) is 3.33. The van der Waals surface area contributed by atoms with Gasteiger partial charge in [-0.3, -0.25) is 14.9 Å². The van der Waals surface area contributed by atoms with Crippen LogP contribution in [0.25, 0.3) is 0 Å². The number of non-ortho nitro benzene ring substituents is 1. The average molecular weight is 277 g/mol. The summed E-state index contributed by atoms with van der Waals surface area (Å²) in [6, 6.07) is 6.34. The molecule has 0 saturated carbocycles. The van der Waals surface area contributed by atoms with Crippen LogP contribution in [-0.2, 0) is 11.2 Å². The lowest BCUT2D eigenvalue weighted by Crippen LogP contribution is -2.48. The van der Waals surface area contributed by atoms with Crippen molar-refractivity contribution in [3.8, 4) is 0 Å². The topological polar surface area (TPSA) is 89.5 Å². The van der Waals surface area contributed by atoms with E-state index in [9.17, 15) is 14.9 Å². The van der Waals surface area contributed by atoms with Gasteiger partial charge in [0, 0.05) is 31.3 Å². The summed E-state index contributed by atoms with van der Waals surface area (Å²) in [7, 11) is 0. The highest BCUT2D eigenvalue weighted by Gasteiger charge is 2.25. The van der Waals surface area contributed by atoms with E-state index in [1.54, 1.807) is 12.1 Å². The van der Waals surface area contributed by atoms with E-state index >= 15 is 0 Å². The summed E-state index contributed by atoms with van der Waals surface area (Å²) in [4.78, 5) is 24.4. The van der Waals surface area contributed by atoms with Crippen molar-refractivity contribution in [3.05, 3.63) is 39.9 Å². The molecule has 6 nitrogen and oxygen atoms in total. The van der Waals surface area contributed by atoms with Gasteiger partial charge in [-0.25, -0.2) is 0 Å². The van der Waals surface area contributed by atoms with Gasteiger partial charge >= 0.3 is 0 Å². The maximum atomic E-state index is 12.3. The molecule has 2 N–H and O–H groups in total. The zero-order valence-corrected chi connectivity index (χ0v) is 11.3. The van der Waals surface area contributed by atoms with Crippen LogP contribution in [0.5, 0.6) is 0 Å². The number of carbonyl (C=O) groups is 1. The van der Waals surface area contributed by atoms with Gasteiger partial charge in [-0.2, -0.15) is 0 Å². The number of likely N-dealkylation sites (tertiary alicyclic amines) is 1. The van der Waals surface area contributed by atoms with Gasteiger partial charge in [0.1, 0.15) is 0 Å². The van der Waals surface area contributed by atoms with Gasteiger partial charge in [0.05, 0.1) is 11.3 Å². The van der Waals surface area contributed by atoms with Crippen LogP contribution < -0.4 is 5.73 Å². The molecule has 1 heterocycles. The van der Waals surface area contributed by atoms with Crippen LogP contribution in [0.3, 0.4) is 0 Å². The summed E-state index contributed by atoms with van der Waals surface area (Å²) in [5.74, 6) is 0.000600. The number of benzene rings is 1. The number of nitro groups is 1. The minimum absolute atomic E-state index is 0.000600. The summed E-state index contributed by atoms with van der Waals surface area (Å²) < 4.78 is 0. The van der Waals surface area contributed by atoms with Crippen molar-refractivity contribution in [1.82, 2.24) is 4.90 Å². The molecule has 1 atom stereocenters. The zero-order valence-electron chi connectivity index (χ0n) is 11.3. The highest BCUT2D eigenvalue weighted by molar-refractivity contribution is 5.79. The summed E-state index contributed by atoms with van der Waals surface area (Å²) in [5.41, 5.74) is 6.40. The first-order chi connectivity index (χ1) is 9.61. The standard InChI is InChI=1S/C14H19N3O3/c15-10-13-5-1-2-7-16(13)14(18)9-11-4-3-6-12(8-11)17(19)20/h3-4,6,8,13H,1-2,5,7,9-10,15H2. The fourth-order valence-corrected chi connectivity index (χ4v) is 2.63. The van der Waals surface area contributed by atoms with Crippen LogP contribution in [0.4, 0.5) is 5.69 Å². The number of nitrogens with two attached hydrogens (primary N) is 1. The molecule has 0 spiro atoms. The Morgan fingerprint density at radius 1 is 1.45 bits per heavy atom. The maximum Gasteiger partial charge on any atom is 0.269 e. The highest BCUT2D eigenvalue weighted by atomic mass is 16.6. The smallest absolute Gasteiger partial charge is 0.269 e. The molecule has 1 unspecified atom stereocenters. The first-order valence-electron chi connectivity index (χ1n) is 6.84. The van der Waals surface area contributed by atoms with E-state index in [2.05, 4.69) is 0 Å². The number of nitro benzene ring substituents is 1. The Balaban J connectivity index is 2.06. The second kappa shape index (κ2) is 6.47. The molecule has 20 heavy (non-hydrogen) atoms. The number of carbonyl (C=O) groups excluding carboxylic acids is 1. The maximum absolute atomic E-state index is 12.3. The average Bonchev–Trinajstić information content (AvgIpc) is 2.47. The molecule has 1 fully saturated rings. The Bertz CT molecular complexity index is 504. The quantitative estimate of drug-likeness (QED) is 0.666. The number of nitrogens with zero attached hydrogens (tertiary/aromatic N) is 2. The molecule has 0 aliphatic carbocycles. The molecule has 1 aromatic rings. The number of amides is 1. The largest absolute Gasteiger partial charge is 0.338 e. The molecule has 0 bridgehead atoms. The van der Waals surface area contributed by atoms with E-state index in [1.165, 1.54) is 12.1 Å². The van der Waals surface area contributed by atoms with Crippen molar-refractivity contribution in [3.63, 3.8) is 0 Å². The molecule has 1 amide bonds. The van der Waals surface area contributed by atoms with Gasteiger partial charge in [0.25, 0.3) is 5.69 Å². The summed E-state index contributed by atoms with van der Waals surface area (Å²) in [5, 5.41) is 10.7. The van der Waals surface area contributed by atoms with Crippen molar-refractivity contribution >= 4 is 11.6 Å². The Morgan fingerprint density at radius 3 is 2.95 bits per heavy atom. The van der Waals surface area contributed by atoms with Crippen LogP contribution in [-0.4, -0.2) is 34.9 Å². The predicted octanol–water partition coefficient (Wildman–Crippen LogP) is 1.48. The summed E-state index contributed by atoms with van der Waals surface area (Å²) in [6.45, 7) is 1.20. The number of hydrogen-bond donors (Lipinski definition) is 1. The Kier molecular flexibility index (Phi) is 4.68. The van der Waals surface area contributed by atoms with Crippen molar-refractivity contribution in [1.29, 1.82) is 0 Å². The van der Waals surface area contributed by atoms with Gasteiger partial charge < -0.3 is 10.6 Å². The third-order valence-corrected chi connectivity index (χ3v) is 3.70. The molecule has 108 valence electrons. The Morgan fingerprint density at radius 2 is 2.25 bits per heavy atom. The molecular weight excluding hydrogens is 258 g/mol. The predicted molar refractivity (Wildman–Crippen MR) is 75.2 cm³/mol. The molecule has 1 aliphatic heterocycles. The zero-order chi connectivity index (χ0) is 14.5. The lowest BCUT2D eigenvalue weighted by atomic mass is 10.0. The fraction of sp³-hybridized carbons (Fsp3) is 0.500. The SMILES string of the molecule is NCC1CCCCN1C(=O)Cc1cccc([N+](=O)[O-])c1. The van der Waals surface area contributed by atoms with E-state index in [1.807, 2.05) is 4.90 Å². The van der Waals surface area contributed by atoms with Gasteiger partial charge in [-0.05, 0) is 24.8 Å². The minimum atomic E-state index is -0.447. The first kappa shape index (κ1) is 14.5. The molecular formula is C14H19N3O3. The van der Waals surface area contributed by atoms with Gasteiger partial charge in [0.15, 0.2) is 0 Å². The van der Waals surface area contributed by atoms with Crippen molar-refractivity contribution in [2.75, 3.05) is 13.1 Å². The van der Waals surface area contributed by atoms with E-state index in [0.717, 1.165) is 25.8 Å². The van der Waals surface area contributed by atoms with E-state index in [-0.39, 0.29) is 24.1 Å². The molecule has 1 aromatic carbocycles. The van der Waals surface area contributed by atoms with Crippen LogP contribution in [0.15, 0.2) is 24.3 Å². The summed E-state index contributed by atoms with van der Waals surface area (Å²) >= 11 is 0. The molecule has 2 rings (SSSR count). The van der Waals surface area contributed by atoms with Gasteiger partial charge in [-0.15, -0.1) is 0 Å². The van der Waals surface area contributed by atoms with Crippen molar-refractivity contribution in [2.45, 2.75) is 31.7 Å². The highest BCUT2D eigenvalue weighted by Crippen LogP contribution is 2.19. The second-order valence-corrected chi connectivity index (χ2v) is 5.08. The molecule has 0 aromatic heterocycles. The van der Waals surface area contributed by atoms with E-state index in [0.29, 0.717) is 12.1 Å². The number of rotatable bonds is 4. The number of piperidine rings is 1. The van der Waals surface area contributed by atoms with Crippen LogP contribution in [0, 0.1) is 10.1 Å². The molecule has 1 aliphatic rings. The Labute approximate surface area is 117 Å². The van der Waals surface area contributed by atoms with Crippen molar-refractivity contribution in [2.24, 2.45) is 5.73 Å². The van der Waals surface area contributed by atoms with Crippen LogP contribution in [0.2, 0.25) is 0 Å².